The monoisotopic (exact) mass is 373 g/mol. The van der Waals surface area contributed by atoms with Crippen molar-refractivity contribution in [1.82, 2.24) is 10.1 Å². The van der Waals surface area contributed by atoms with Crippen molar-refractivity contribution in [2.75, 3.05) is 31.1 Å². The number of benzene rings is 1. The fourth-order valence-corrected chi connectivity index (χ4v) is 2.90. The third kappa shape index (κ3) is 4.39. The van der Waals surface area contributed by atoms with Crippen LogP contribution in [-0.4, -0.2) is 59.0 Å². The lowest BCUT2D eigenvalue weighted by molar-refractivity contribution is 0.0240. The largest absolute Gasteiger partial charge is 0.477 e. The van der Waals surface area contributed by atoms with Crippen LogP contribution in [0.3, 0.4) is 0 Å². The van der Waals surface area contributed by atoms with Crippen LogP contribution in [0.5, 0.6) is 0 Å². The number of amides is 1. The van der Waals surface area contributed by atoms with E-state index in [1.54, 1.807) is 4.90 Å². The number of aromatic carboxylic acids is 1. The number of piperazine rings is 1. The predicted octanol–water partition coefficient (Wildman–Crippen LogP) is 3.10. The highest BCUT2D eigenvalue weighted by Crippen LogP contribution is 2.26. The summed E-state index contributed by atoms with van der Waals surface area (Å²) < 4.78 is 10.2. The third-order valence-corrected chi connectivity index (χ3v) is 4.24. The van der Waals surface area contributed by atoms with Crippen LogP contribution in [0.2, 0.25) is 0 Å². The Balaban J connectivity index is 1.63. The molecule has 1 N–H and O–H groups in total. The summed E-state index contributed by atoms with van der Waals surface area (Å²) in [6, 6.07) is 7.47. The van der Waals surface area contributed by atoms with Gasteiger partial charge >= 0.3 is 12.1 Å². The van der Waals surface area contributed by atoms with Crippen molar-refractivity contribution >= 4 is 17.7 Å². The molecule has 8 nitrogen and oxygen atoms in total. The molecule has 0 aliphatic carbocycles. The number of nitrogens with zero attached hydrogens (tertiary/aromatic N) is 3. The Morgan fingerprint density at radius 2 is 1.74 bits per heavy atom. The quantitative estimate of drug-likeness (QED) is 0.883. The Labute approximate surface area is 157 Å². The van der Waals surface area contributed by atoms with Crippen molar-refractivity contribution in [3.05, 3.63) is 36.1 Å². The highest BCUT2D eigenvalue weighted by molar-refractivity contribution is 5.94. The molecule has 1 aromatic heterocycles. The van der Waals surface area contributed by atoms with Gasteiger partial charge in [-0.25, -0.2) is 9.59 Å². The number of hydrogen-bond acceptors (Lipinski definition) is 6. The van der Waals surface area contributed by atoms with Gasteiger partial charge in [-0.2, -0.15) is 0 Å². The van der Waals surface area contributed by atoms with Crippen LogP contribution < -0.4 is 4.90 Å². The molecule has 0 spiro atoms. The van der Waals surface area contributed by atoms with Gasteiger partial charge in [0, 0.05) is 37.4 Å². The molecular formula is C19H23N3O5. The minimum atomic E-state index is -1.08. The Hall–Kier alpha value is -3.03. The first kappa shape index (κ1) is 18.8. The average Bonchev–Trinajstić information content (AvgIpc) is 3.11. The first-order valence-corrected chi connectivity index (χ1v) is 8.75. The molecule has 2 heterocycles. The molecular weight excluding hydrogens is 350 g/mol. The number of carbonyl (C=O) groups excluding carboxylic acids is 1. The van der Waals surface area contributed by atoms with Gasteiger partial charge < -0.3 is 24.2 Å². The van der Waals surface area contributed by atoms with Gasteiger partial charge in [0.2, 0.25) is 0 Å². The normalized spacial score (nSPS) is 14.9. The molecule has 1 fully saturated rings. The first-order valence-electron chi connectivity index (χ1n) is 8.75. The number of ether oxygens (including phenoxy) is 1. The minimum absolute atomic E-state index is 0.0359. The molecule has 1 aliphatic rings. The second kappa shape index (κ2) is 7.30. The average molecular weight is 373 g/mol. The van der Waals surface area contributed by atoms with Gasteiger partial charge in [-0.15, -0.1) is 0 Å². The van der Waals surface area contributed by atoms with Gasteiger partial charge in [-0.05, 0) is 32.9 Å². The summed E-state index contributed by atoms with van der Waals surface area (Å²) in [5.41, 5.74) is 1.53. The molecule has 2 aromatic rings. The van der Waals surface area contributed by atoms with Crippen LogP contribution >= 0.6 is 0 Å². The molecule has 1 saturated heterocycles. The molecule has 1 amide bonds. The number of carbonyl (C=O) groups is 2. The Morgan fingerprint density at radius 1 is 1.11 bits per heavy atom. The van der Waals surface area contributed by atoms with E-state index in [0.29, 0.717) is 37.4 Å². The standard InChI is InChI=1S/C19H23N3O5/c1-19(2,3)27-18(25)22-10-8-21(9-11-22)14-6-4-13(5-7-14)16-15(17(23)24)12-26-20-16/h4-7,12H,8-11H2,1-3H3,(H,23,24). The zero-order chi connectivity index (χ0) is 19.6. The summed E-state index contributed by atoms with van der Waals surface area (Å²) in [5, 5.41) is 12.9. The van der Waals surface area contributed by atoms with Gasteiger partial charge in [-0.3, -0.25) is 0 Å². The van der Waals surface area contributed by atoms with E-state index in [9.17, 15) is 9.59 Å². The molecule has 8 heteroatoms. The van der Waals surface area contributed by atoms with E-state index in [1.165, 1.54) is 0 Å². The Kier molecular flexibility index (Phi) is 5.07. The van der Waals surface area contributed by atoms with E-state index in [0.717, 1.165) is 12.0 Å². The SMILES string of the molecule is CC(C)(C)OC(=O)N1CCN(c2ccc(-c3nocc3C(=O)O)cc2)CC1. The lowest BCUT2D eigenvalue weighted by Gasteiger charge is -2.36. The summed E-state index contributed by atoms with van der Waals surface area (Å²) >= 11 is 0. The second-order valence-electron chi connectivity index (χ2n) is 7.38. The lowest BCUT2D eigenvalue weighted by atomic mass is 10.1. The molecule has 1 aromatic carbocycles. The first-order chi connectivity index (χ1) is 12.7. The minimum Gasteiger partial charge on any atom is -0.477 e. The summed E-state index contributed by atoms with van der Waals surface area (Å²) in [4.78, 5) is 27.2. The maximum Gasteiger partial charge on any atom is 0.410 e. The van der Waals surface area contributed by atoms with Crippen LogP contribution in [-0.2, 0) is 4.74 Å². The van der Waals surface area contributed by atoms with Gasteiger partial charge in [0.1, 0.15) is 23.1 Å². The highest BCUT2D eigenvalue weighted by atomic mass is 16.6. The number of carboxylic acids is 1. The van der Waals surface area contributed by atoms with Gasteiger partial charge in [0.05, 0.1) is 0 Å². The number of anilines is 1. The van der Waals surface area contributed by atoms with Crippen molar-refractivity contribution in [2.24, 2.45) is 0 Å². The molecule has 0 bridgehead atoms. The van der Waals surface area contributed by atoms with Gasteiger partial charge in [0.25, 0.3) is 0 Å². The van der Waals surface area contributed by atoms with E-state index in [4.69, 9.17) is 14.4 Å². The summed E-state index contributed by atoms with van der Waals surface area (Å²) in [6.07, 6.45) is 0.839. The van der Waals surface area contributed by atoms with E-state index < -0.39 is 11.6 Å². The van der Waals surface area contributed by atoms with Gasteiger partial charge in [-0.1, -0.05) is 17.3 Å². The number of hydrogen-bond donors (Lipinski definition) is 1. The van der Waals surface area contributed by atoms with Crippen molar-refractivity contribution in [3.8, 4) is 11.3 Å². The maximum absolute atomic E-state index is 12.1. The van der Waals surface area contributed by atoms with E-state index in [1.807, 2.05) is 45.0 Å². The van der Waals surface area contributed by atoms with Crippen molar-refractivity contribution in [3.63, 3.8) is 0 Å². The topological polar surface area (TPSA) is 96.1 Å². The molecule has 3 rings (SSSR count). The Bertz CT molecular complexity index is 815. The van der Waals surface area contributed by atoms with Crippen LogP contribution in [0, 0.1) is 0 Å². The van der Waals surface area contributed by atoms with Crippen LogP contribution in [0.15, 0.2) is 35.1 Å². The number of rotatable bonds is 3. The highest BCUT2D eigenvalue weighted by Gasteiger charge is 2.26. The molecule has 1 aliphatic heterocycles. The van der Waals surface area contributed by atoms with Crippen LogP contribution in [0.25, 0.3) is 11.3 Å². The van der Waals surface area contributed by atoms with E-state index in [-0.39, 0.29) is 11.7 Å². The maximum atomic E-state index is 12.1. The van der Waals surface area contributed by atoms with E-state index >= 15 is 0 Å². The fraction of sp³-hybridized carbons (Fsp3) is 0.421. The summed E-state index contributed by atoms with van der Waals surface area (Å²) in [5.74, 6) is -1.08. The molecule has 0 atom stereocenters. The third-order valence-electron chi connectivity index (χ3n) is 4.24. The number of aromatic nitrogens is 1. The lowest BCUT2D eigenvalue weighted by Crippen LogP contribution is -2.50. The second-order valence-corrected chi connectivity index (χ2v) is 7.38. The molecule has 144 valence electrons. The van der Waals surface area contributed by atoms with Gasteiger partial charge in [0.15, 0.2) is 0 Å². The molecule has 0 unspecified atom stereocenters. The molecule has 27 heavy (non-hydrogen) atoms. The molecule has 0 saturated carbocycles. The zero-order valence-corrected chi connectivity index (χ0v) is 15.6. The predicted molar refractivity (Wildman–Crippen MR) is 98.9 cm³/mol. The number of carboxylic acid groups (broad SMARTS) is 1. The summed E-state index contributed by atoms with van der Waals surface area (Å²) in [7, 11) is 0. The zero-order valence-electron chi connectivity index (χ0n) is 15.6. The van der Waals surface area contributed by atoms with Crippen molar-refractivity contribution in [1.29, 1.82) is 0 Å². The summed E-state index contributed by atoms with van der Waals surface area (Å²) in [6.45, 7) is 8.13. The van der Waals surface area contributed by atoms with Crippen molar-refractivity contribution in [2.45, 2.75) is 26.4 Å². The van der Waals surface area contributed by atoms with Crippen LogP contribution in [0.1, 0.15) is 31.1 Å². The smallest absolute Gasteiger partial charge is 0.410 e. The Morgan fingerprint density at radius 3 is 2.30 bits per heavy atom. The van der Waals surface area contributed by atoms with Crippen LogP contribution in [0.4, 0.5) is 10.5 Å². The molecule has 0 radical (unpaired) electrons. The van der Waals surface area contributed by atoms with Crippen molar-refractivity contribution < 1.29 is 24.0 Å². The van der Waals surface area contributed by atoms with E-state index in [2.05, 4.69) is 10.1 Å². The fourth-order valence-electron chi connectivity index (χ4n) is 2.90.